The van der Waals surface area contributed by atoms with Crippen molar-refractivity contribution in [3.63, 3.8) is 0 Å². The second-order valence-electron chi connectivity index (χ2n) is 3.12. The molecular weight excluding hydrogens is 194 g/mol. The van der Waals surface area contributed by atoms with Crippen LogP contribution in [0.2, 0.25) is 0 Å². The summed E-state index contributed by atoms with van der Waals surface area (Å²) in [5.74, 6) is 1.11. The summed E-state index contributed by atoms with van der Waals surface area (Å²) in [7, 11) is 0. The molecule has 78 valence electrons. The molecule has 0 bridgehead atoms. The lowest BCUT2D eigenvalue weighted by Crippen LogP contribution is -2.01. The van der Waals surface area contributed by atoms with Crippen molar-refractivity contribution >= 4 is 11.8 Å². The number of aromatic nitrogens is 2. The standard InChI is InChI=1S/C10H17N3S/c1-2-3-4-7-14-10-9(8-11)5-6-12-13-10/h5-6H,2-4,7-8,11H2,1H3. The van der Waals surface area contributed by atoms with Gasteiger partial charge in [0.05, 0.1) is 0 Å². The molecule has 2 N–H and O–H groups in total. The second kappa shape index (κ2) is 6.79. The molecule has 0 atom stereocenters. The molecule has 0 saturated carbocycles. The molecule has 1 heterocycles. The molecule has 4 heteroatoms. The van der Waals surface area contributed by atoms with Crippen LogP contribution in [-0.2, 0) is 6.54 Å². The fourth-order valence-electron chi connectivity index (χ4n) is 1.14. The van der Waals surface area contributed by atoms with E-state index in [1.807, 2.05) is 6.07 Å². The maximum atomic E-state index is 5.60. The average molecular weight is 211 g/mol. The van der Waals surface area contributed by atoms with Gasteiger partial charge in [-0.25, -0.2) is 0 Å². The fourth-order valence-corrected chi connectivity index (χ4v) is 2.13. The lowest BCUT2D eigenvalue weighted by Gasteiger charge is -2.03. The van der Waals surface area contributed by atoms with Crippen LogP contribution in [0.3, 0.4) is 0 Å². The van der Waals surface area contributed by atoms with Crippen molar-refractivity contribution in [1.82, 2.24) is 10.2 Å². The zero-order valence-electron chi connectivity index (χ0n) is 8.57. The van der Waals surface area contributed by atoms with Gasteiger partial charge in [0.25, 0.3) is 0 Å². The van der Waals surface area contributed by atoms with Gasteiger partial charge < -0.3 is 5.73 Å². The summed E-state index contributed by atoms with van der Waals surface area (Å²) in [6.07, 6.45) is 5.47. The summed E-state index contributed by atoms with van der Waals surface area (Å²) in [6.45, 7) is 2.75. The van der Waals surface area contributed by atoms with Gasteiger partial charge in [0.15, 0.2) is 0 Å². The van der Waals surface area contributed by atoms with Gasteiger partial charge in [-0.15, -0.1) is 16.9 Å². The van der Waals surface area contributed by atoms with Gasteiger partial charge in [0, 0.05) is 18.3 Å². The van der Waals surface area contributed by atoms with Gasteiger partial charge in [-0.05, 0) is 18.2 Å². The van der Waals surface area contributed by atoms with Crippen LogP contribution in [0.15, 0.2) is 17.3 Å². The Labute approximate surface area is 89.5 Å². The predicted molar refractivity (Wildman–Crippen MR) is 60.2 cm³/mol. The molecule has 0 aliphatic heterocycles. The molecule has 0 fully saturated rings. The highest BCUT2D eigenvalue weighted by atomic mass is 32.2. The summed E-state index contributed by atoms with van der Waals surface area (Å²) in [4.78, 5) is 0. The van der Waals surface area contributed by atoms with Crippen LogP contribution >= 0.6 is 11.8 Å². The first-order valence-corrected chi connectivity index (χ1v) is 6.00. The number of thioether (sulfide) groups is 1. The second-order valence-corrected chi connectivity index (χ2v) is 4.20. The van der Waals surface area contributed by atoms with Crippen LogP contribution in [0.1, 0.15) is 31.7 Å². The first-order chi connectivity index (χ1) is 6.88. The first kappa shape index (κ1) is 11.5. The molecule has 1 rings (SSSR count). The summed E-state index contributed by atoms with van der Waals surface area (Å²) in [5.41, 5.74) is 6.70. The minimum absolute atomic E-state index is 0.547. The number of rotatable bonds is 6. The molecule has 0 saturated heterocycles. The minimum atomic E-state index is 0.547. The fraction of sp³-hybridized carbons (Fsp3) is 0.600. The Kier molecular flexibility index (Phi) is 5.56. The summed E-state index contributed by atoms with van der Waals surface area (Å²) in [6, 6.07) is 1.94. The van der Waals surface area contributed by atoms with Crippen LogP contribution in [0.25, 0.3) is 0 Å². The van der Waals surface area contributed by atoms with E-state index in [9.17, 15) is 0 Å². The van der Waals surface area contributed by atoms with Gasteiger partial charge in [-0.2, -0.15) is 5.10 Å². The highest BCUT2D eigenvalue weighted by Gasteiger charge is 2.02. The third-order valence-corrected chi connectivity index (χ3v) is 3.08. The van der Waals surface area contributed by atoms with Crippen molar-refractivity contribution in [2.75, 3.05) is 5.75 Å². The van der Waals surface area contributed by atoms with E-state index >= 15 is 0 Å². The molecule has 0 radical (unpaired) electrons. The van der Waals surface area contributed by atoms with Crippen LogP contribution in [-0.4, -0.2) is 16.0 Å². The SMILES string of the molecule is CCCCCSc1nnccc1CN. The van der Waals surface area contributed by atoms with Crippen molar-refractivity contribution in [3.05, 3.63) is 17.8 Å². The van der Waals surface area contributed by atoms with E-state index in [0.29, 0.717) is 6.54 Å². The molecule has 3 nitrogen and oxygen atoms in total. The molecule has 0 spiro atoms. The van der Waals surface area contributed by atoms with Crippen molar-refractivity contribution in [3.8, 4) is 0 Å². The summed E-state index contributed by atoms with van der Waals surface area (Å²) < 4.78 is 0. The number of hydrogen-bond acceptors (Lipinski definition) is 4. The third kappa shape index (κ3) is 3.64. The number of unbranched alkanes of at least 4 members (excludes halogenated alkanes) is 2. The Morgan fingerprint density at radius 2 is 2.29 bits per heavy atom. The van der Waals surface area contributed by atoms with E-state index in [0.717, 1.165) is 16.3 Å². The number of hydrogen-bond donors (Lipinski definition) is 1. The Morgan fingerprint density at radius 3 is 3.00 bits per heavy atom. The average Bonchev–Trinajstić information content (AvgIpc) is 2.25. The van der Waals surface area contributed by atoms with E-state index in [4.69, 9.17) is 5.73 Å². The number of nitrogens with two attached hydrogens (primary N) is 1. The van der Waals surface area contributed by atoms with Crippen LogP contribution in [0, 0.1) is 0 Å². The van der Waals surface area contributed by atoms with E-state index < -0.39 is 0 Å². The normalized spacial score (nSPS) is 10.4. The topological polar surface area (TPSA) is 51.8 Å². The molecule has 0 amide bonds. The molecule has 0 aromatic carbocycles. The Hall–Kier alpha value is -0.610. The largest absolute Gasteiger partial charge is 0.326 e. The van der Waals surface area contributed by atoms with Crippen LogP contribution in [0.5, 0.6) is 0 Å². The Morgan fingerprint density at radius 1 is 1.43 bits per heavy atom. The molecule has 0 unspecified atom stereocenters. The van der Waals surface area contributed by atoms with Crippen molar-refractivity contribution < 1.29 is 0 Å². The molecule has 1 aromatic rings. The smallest absolute Gasteiger partial charge is 0.123 e. The van der Waals surface area contributed by atoms with E-state index in [2.05, 4.69) is 17.1 Å². The Balaban J connectivity index is 2.41. The highest BCUT2D eigenvalue weighted by molar-refractivity contribution is 7.99. The van der Waals surface area contributed by atoms with Crippen molar-refractivity contribution in [2.24, 2.45) is 5.73 Å². The predicted octanol–water partition coefficient (Wildman–Crippen LogP) is 2.22. The van der Waals surface area contributed by atoms with Gasteiger partial charge in [0.1, 0.15) is 5.03 Å². The monoisotopic (exact) mass is 211 g/mol. The van der Waals surface area contributed by atoms with Gasteiger partial charge in [-0.3, -0.25) is 0 Å². The lowest BCUT2D eigenvalue weighted by atomic mass is 10.3. The molecule has 1 aromatic heterocycles. The zero-order chi connectivity index (χ0) is 10.2. The molecule has 14 heavy (non-hydrogen) atoms. The van der Waals surface area contributed by atoms with Crippen LogP contribution < -0.4 is 5.73 Å². The lowest BCUT2D eigenvalue weighted by molar-refractivity contribution is 0.776. The molecule has 0 aliphatic rings. The van der Waals surface area contributed by atoms with E-state index in [1.54, 1.807) is 18.0 Å². The maximum Gasteiger partial charge on any atom is 0.123 e. The minimum Gasteiger partial charge on any atom is -0.326 e. The first-order valence-electron chi connectivity index (χ1n) is 5.02. The third-order valence-electron chi connectivity index (χ3n) is 1.97. The van der Waals surface area contributed by atoms with Gasteiger partial charge in [-0.1, -0.05) is 19.8 Å². The molecular formula is C10H17N3S. The molecule has 0 aliphatic carbocycles. The maximum absolute atomic E-state index is 5.60. The summed E-state index contributed by atoms with van der Waals surface area (Å²) >= 11 is 1.76. The van der Waals surface area contributed by atoms with Crippen molar-refractivity contribution in [1.29, 1.82) is 0 Å². The highest BCUT2D eigenvalue weighted by Crippen LogP contribution is 2.20. The van der Waals surface area contributed by atoms with Crippen molar-refractivity contribution in [2.45, 2.75) is 37.8 Å². The van der Waals surface area contributed by atoms with Gasteiger partial charge in [0.2, 0.25) is 0 Å². The Bertz CT molecular complexity index is 265. The van der Waals surface area contributed by atoms with E-state index in [-0.39, 0.29) is 0 Å². The van der Waals surface area contributed by atoms with Gasteiger partial charge >= 0.3 is 0 Å². The van der Waals surface area contributed by atoms with E-state index in [1.165, 1.54) is 19.3 Å². The van der Waals surface area contributed by atoms with Crippen LogP contribution in [0.4, 0.5) is 0 Å². The zero-order valence-corrected chi connectivity index (χ0v) is 9.39. The number of nitrogens with zero attached hydrogens (tertiary/aromatic N) is 2. The quantitative estimate of drug-likeness (QED) is 0.579. The summed E-state index contributed by atoms with van der Waals surface area (Å²) in [5, 5.41) is 8.94.